The summed E-state index contributed by atoms with van der Waals surface area (Å²) in [6.45, 7) is 9.95. The number of amides is 1. The summed E-state index contributed by atoms with van der Waals surface area (Å²) in [5.41, 5.74) is 2.26. The standard InChI is InChI=1S/C18H24N4O/c1-5-21(6-2)17(23)16-13-14(4)19-18(20-16)22(7-3)15-11-9-8-10-12-15/h8-13H,5-7H2,1-4H3. The Hall–Kier alpha value is -2.43. The maximum absolute atomic E-state index is 12.6. The number of aromatic nitrogens is 2. The van der Waals surface area contributed by atoms with Crippen LogP contribution in [0, 0.1) is 6.92 Å². The van der Waals surface area contributed by atoms with Crippen LogP contribution < -0.4 is 4.90 Å². The van der Waals surface area contributed by atoms with Gasteiger partial charge in [-0.05, 0) is 45.9 Å². The number of para-hydroxylation sites is 1. The van der Waals surface area contributed by atoms with Crippen LogP contribution in [0.2, 0.25) is 0 Å². The van der Waals surface area contributed by atoms with Gasteiger partial charge in [-0.1, -0.05) is 18.2 Å². The van der Waals surface area contributed by atoms with Gasteiger partial charge in [-0.2, -0.15) is 0 Å². The number of anilines is 2. The molecule has 0 N–H and O–H groups in total. The van der Waals surface area contributed by atoms with Crippen molar-refractivity contribution in [1.29, 1.82) is 0 Å². The fourth-order valence-corrected chi connectivity index (χ4v) is 2.50. The Morgan fingerprint density at radius 3 is 2.22 bits per heavy atom. The van der Waals surface area contributed by atoms with Crippen molar-refractivity contribution in [3.63, 3.8) is 0 Å². The van der Waals surface area contributed by atoms with Gasteiger partial charge in [0.15, 0.2) is 0 Å². The van der Waals surface area contributed by atoms with Crippen LogP contribution in [0.5, 0.6) is 0 Å². The molecule has 5 nitrogen and oxygen atoms in total. The van der Waals surface area contributed by atoms with E-state index in [0.717, 1.165) is 17.9 Å². The number of hydrogen-bond donors (Lipinski definition) is 0. The van der Waals surface area contributed by atoms with Crippen molar-refractivity contribution < 1.29 is 4.79 Å². The lowest BCUT2D eigenvalue weighted by atomic mass is 10.2. The quantitative estimate of drug-likeness (QED) is 0.820. The van der Waals surface area contributed by atoms with Gasteiger partial charge in [-0.25, -0.2) is 9.97 Å². The van der Waals surface area contributed by atoms with Crippen LogP contribution in [0.1, 0.15) is 37.0 Å². The number of nitrogens with zero attached hydrogens (tertiary/aromatic N) is 4. The largest absolute Gasteiger partial charge is 0.338 e. The highest BCUT2D eigenvalue weighted by atomic mass is 16.2. The van der Waals surface area contributed by atoms with Crippen LogP contribution in [0.3, 0.4) is 0 Å². The minimum atomic E-state index is -0.0501. The van der Waals surface area contributed by atoms with E-state index in [4.69, 9.17) is 0 Å². The maximum atomic E-state index is 12.6. The molecule has 122 valence electrons. The molecule has 0 saturated heterocycles. The van der Waals surface area contributed by atoms with Crippen LogP contribution in [-0.2, 0) is 0 Å². The average Bonchev–Trinajstić information content (AvgIpc) is 2.57. The zero-order valence-corrected chi connectivity index (χ0v) is 14.3. The van der Waals surface area contributed by atoms with E-state index in [2.05, 4.69) is 9.97 Å². The molecule has 2 aromatic rings. The number of benzene rings is 1. The third-order valence-corrected chi connectivity index (χ3v) is 3.74. The smallest absolute Gasteiger partial charge is 0.272 e. The van der Waals surface area contributed by atoms with Crippen LogP contribution in [0.25, 0.3) is 0 Å². The monoisotopic (exact) mass is 312 g/mol. The molecule has 2 rings (SSSR count). The molecule has 0 spiro atoms. The van der Waals surface area contributed by atoms with Crippen molar-refractivity contribution in [2.45, 2.75) is 27.7 Å². The Labute approximate surface area is 138 Å². The van der Waals surface area contributed by atoms with Crippen LogP contribution in [0.4, 0.5) is 11.6 Å². The van der Waals surface area contributed by atoms with Crippen LogP contribution in [-0.4, -0.2) is 40.4 Å². The predicted molar refractivity (Wildman–Crippen MR) is 93.1 cm³/mol. The maximum Gasteiger partial charge on any atom is 0.272 e. The van der Waals surface area contributed by atoms with Crippen molar-refractivity contribution in [2.75, 3.05) is 24.5 Å². The second-order valence-corrected chi connectivity index (χ2v) is 5.25. The molecule has 0 aliphatic rings. The molecule has 1 aromatic heterocycles. The second kappa shape index (κ2) is 7.72. The summed E-state index contributed by atoms with van der Waals surface area (Å²) in [6.07, 6.45) is 0. The Morgan fingerprint density at radius 1 is 1.00 bits per heavy atom. The highest BCUT2D eigenvalue weighted by molar-refractivity contribution is 5.92. The molecule has 5 heteroatoms. The summed E-state index contributed by atoms with van der Waals surface area (Å²) < 4.78 is 0. The normalized spacial score (nSPS) is 10.4. The minimum absolute atomic E-state index is 0.0501. The predicted octanol–water partition coefficient (Wildman–Crippen LogP) is 3.43. The molecule has 0 atom stereocenters. The molecular formula is C18H24N4O. The first-order valence-electron chi connectivity index (χ1n) is 8.08. The zero-order chi connectivity index (χ0) is 16.8. The molecule has 23 heavy (non-hydrogen) atoms. The molecule has 0 radical (unpaired) electrons. The van der Waals surface area contributed by atoms with Gasteiger partial charge >= 0.3 is 0 Å². The molecule has 1 heterocycles. The van der Waals surface area contributed by atoms with E-state index >= 15 is 0 Å². The molecular weight excluding hydrogens is 288 g/mol. The van der Waals surface area contributed by atoms with Crippen molar-refractivity contribution in [3.05, 3.63) is 47.8 Å². The Kier molecular flexibility index (Phi) is 5.68. The van der Waals surface area contributed by atoms with E-state index in [1.165, 1.54) is 0 Å². The van der Waals surface area contributed by atoms with Crippen molar-refractivity contribution in [2.24, 2.45) is 0 Å². The van der Waals surface area contributed by atoms with Gasteiger partial charge in [0.25, 0.3) is 5.91 Å². The molecule has 0 unspecified atom stereocenters. The Morgan fingerprint density at radius 2 is 1.65 bits per heavy atom. The van der Waals surface area contributed by atoms with Gasteiger partial charge in [0.05, 0.1) is 0 Å². The van der Waals surface area contributed by atoms with Gasteiger partial charge in [0.1, 0.15) is 5.69 Å². The molecule has 0 aliphatic heterocycles. The van der Waals surface area contributed by atoms with Gasteiger partial charge < -0.3 is 9.80 Å². The number of carbonyl (C=O) groups excluding carboxylic acids is 1. The summed E-state index contributed by atoms with van der Waals surface area (Å²) in [7, 11) is 0. The first-order valence-corrected chi connectivity index (χ1v) is 8.08. The lowest BCUT2D eigenvalue weighted by Crippen LogP contribution is -2.32. The number of hydrogen-bond acceptors (Lipinski definition) is 4. The van der Waals surface area contributed by atoms with Crippen LogP contribution >= 0.6 is 0 Å². The topological polar surface area (TPSA) is 49.3 Å². The Balaban J connectivity index is 2.42. The lowest BCUT2D eigenvalue weighted by molar-refractivity contribution is 0.0767. The van der Waals surface area contributed by atoms with E-state index in [1.807, 2.05) is 62.9 Å². The van der Waals surface area contributed by atoms with Crippen molar-refractivity contribution in [3.8, 4) is 0 Å². The molecule has 0 bridgehead atoms. The summed E-state index contributed by atoms with van der Waals surface area (Å²) in [5, 5.41) is 0. The van der Waals surface area contributed by atoms with Gasteiger partial charge in [0, 0.05) is 31.0 Å². The molecule has 1 aromatic carbocycles. The summed E-state index contributed by atoms with van der Waals surface area (Å²) >= 11 is 0. The van der Waals surface area contributed by atoms with Gasteiger partial charge in [-0.15, -0.1) is 0 Å². The third kappa shape index (κ3) is 3.86. The summed E-state index contributed by atoms with van der Waals surface area (Å²) in [5.74, 6) is 0.514. The van der Waals surface area contributed by atoms with Crippen LogP contribution in [0.15, 0.2) is 36.4 Å². The van der Waals surface area contributed by atoms with Crippen molar-refractivity contribution >= 4 is 17.5 Å². The van der Waals surface area contributed by atoms with E-state index in [1.54, 1.807) is 11.0 Å². The SMILES string of the molecule is CCN(CC)C(=O)c1cc(C)nc(N(CC)c2ccccc2)n1. The number of carbonyl (C=O) groups is 1. The molecule has 1 amide bonds. The zero-order valence-electron chi connectivity index (χ0n) is 14.3. The fraction of sp³-hybridized carbons (Fsp3) is 0.389. The Bertz CT molecular complexity index is 653. The lowest BCUT2D eigenvalue weighted by Gasteiger charge is -2.23. The van der Waals surface area contributed by atoms with Gasteiger partial charge in [0.2, 0.25) is 5.95 Å². The summed E-state index contributed by atoms with van der Waals surface area (Å²) in [4.78, 5) is 25.4. The second-order valence-electron chi connectivity index (χ2n) is 5.25. The number of aryl methyl sites for hydroxylation is 1. The third-order valence-electron chi connectivity index (χ3n) is 3.74. The molecule has 0 fully saturated rings. The summed E-state index contributed by atoms with van der Waals surface area (Å²) in [6, 6.07) is 11.7. The van der Waals surface area contributed by atoms with E-state index in [-0.39, 0.29) is 5.91 Å². The highest BCUT2D eigenvalue weighted by Crippen LogP contribution is 2.22. The first kappa shape index (κ1) is 16.9. The van der Waals surface area contributed by atoms with Crippen molar-refractivity contribution in [1.82, 2.24) is 14.9 Å². The first-order chi connectivity index (χ1) is 11.1. The highest BCUT2D eigenvalue weighted by Gasteiger charge is 2.18. The number of rotatable bonds is 6. The average molecular weight is 312 g/mol. The minimum Gasteiger partial charge on any atom is -0.338 e. The van der Waals surface area contributed by atoms with E-state index in [9.17, 15) is 4.79 Å². The molecule has 0 aliphatic carbocycles. The van der Waals surface area contributed by atoms with Gasteiger partial charge in [-0.3, -0.25) is 4.79 Å². The molecule has 0 saturated carbocycles. The van der Waals surface area contributed by atoms with E-state index in [0.29, 0.717) is 24.7 Å². The van der Waals surface area contributed by atoms with E-state index < -0.39 is 0 Å². The fourth-order valence-electron chi connectivity index (χ4n) is 2.50.